The molecule has 0 aliphatic rings. The first-order chi connectivity index (χ1) is 4.33. The van der Waals surface area contributed by atoms with E-state index in [1.807, 2.05) is 30.3 Å². The van der Waals surface area contributed by atoms with Gasteiger partial charge in [-0.3, -0.25) is 0 Å². The topological polar surface area (TPSA) is 0 Å². The molecule has 0 amide bonds. The van der Waals surface area contributed by atoms with Gasteiger partial charge in [0.1, 0.15) is 0 Å². The molecular formula is C9H9ClZn. The molecule has 0 saturated carbocycles. The summed E-state index contributed by atoms with van der Waals surface area (Å²) in [5.74, 6) is 0. The van der Waals surface area contributed by atoms with Crippen LogP contribution in [0.2, 0.25) is 0 Å². The first-order valence-corrected chi connectivity index (χ1v) is 2.87. The molecule has 0 fully saturated rings. The zero-order valence-corrected chi connectivity index (χ0v) is 10.1. The van der Waals surface area contributed by atoms with Crippen molar-refractivity contribution in [2.45, 2.75) is 0 Å². The third-order valence-corrected chi connectivity index (χ3v) is 1.22. The van der Waals surface area contributed by atoms with Crippen molar-refractivity contribution in [3.05, 3.63) is 48.9 Å². The van der Waals surface area contributed by atoms with Crippen molar-refractivity contribution in [3.63, 3.8) is 0 Å². The molecule has 1 aromatic rings. The average molecular weight is 218 g/mol. The van der Waals surface area contributed by atoms with Gasteiger partial charge in [0.05, 0.1) is 0 Å². The monoisotopic (exact) mass is 216 g/mol. The van der Waals surface area contributed by atoms with Crippen LogP contribution in [0.5, 0.6) is 0 Å². The second kappa shape index (κ2) is 6.45. The van der Waals surface area contributed by atoms with E-state index in [0.717, 1.165) is 11.1 Å². The number of hydrogen-bond acceptors (Lipinski definition) is 0. The van der Waals surface area contributed by atoms with E-state index in [9.17, 15) is 0 Å². The molecule has 0 heterocycles. The van der Waals surface area contributed by atoms with Crippen molar-refractivity contribution in [3.8, 4) is 0 Å². The minimum Gasteiger partial charge on any atom is -1.00 e. The summed E-state index contributed by atoms with van der Waals surface area (Å²) in [7, 11) is 0. The Morgan fingerprint density at radius 1 is 1.18 bits per heavy atom. The van der Waals surface area contributed by atoms with Gasteiger partial charge in [-0.2, -0.15) is 24.6 Å². The maximum atomic E-state index is 3.76. The van der Waals surface area contributed by atoms with Gasteiger partial charge >= 0.3 is 19.5 Å². The zero-order valence-electron chi connectivity index (χ0n) is 6.39. The van der Waals surface area contributed by atoms with Crippen molar-refractivity contribution in [1.29, 1.82) is 0 Å². The molecule has 0 unspecified atom stereocenters. The van der Waals surface area contributed by atoms with Gasteiger partial charge in [0.25, 0.3) is 0 Å². The third-order valence-electron chi connectivity index (χ3n) is 1.22. The number of rotatable bonds is 1. The van der Waals surface area contributed by atoms with Crippen LogP contribution < -0.4 is 12.4 Å². The summed E-state index contributed by atoms with van der Waals surface area (Å²) in [4.78, 5) is 0. The van der Waals surface area contributed by atoms with Gasteiger partial charge in [0.15, 0.2) is 0 Å². The Hall–Kier alpha value is -0.257. The third kappa shape index (κ3) is 4.24. The van der Waals surface area contributed by atoms with Gasteiger partial charge < -0.3 is 12.4 Å². The van der Waals surface area contributed by atoms with E-state index in [1.165, 1.54) is 0 Å². The summed E-state index contributed by atoms with van der Waals surface area (Å²) in [5, 5.41) is 0. The summed E-state index contributed by atoms with van der Waals surface area (Å²) in [5.41, 5.74) is 2.18. The molecule has 0 saturated heterocycles. The summed E-state index contributed by atoms with van der Waals surface area (Å²) in [6.07, 6.45) is 1.82. The van der Waals surface area contributed by atoms with Crippen LogP contribution in [0.4, 0.5) is 0 Å². The maximum Gasteiger partial charge on any atom is 2.00 e. The van der Waals surface area contributed by atoms with Crippen LogP contribution in [0.3, 0.4) is 0 Å². The van der Waals surface area contributed by atoms with Gasteiger partial charge in [0.2, 0.25) is 0 Å². The van der Waals surface area contributed by atoms with E-state index >= 15 is 0 Å². The Morgan fingerprint density at radius 2 is 1.64 bits per heavy atom. The van der Waals surface area contributed by atoms with Crippen molar-refractivity contribution in [1.82, 2.24) is 0 Å². The molecule has 0 aliphatic heterocycles. The Morgan fingerprint density at radius 3 is 2.00 bits per heavy atom. The van der Waals surface area contributed by atoms with Crippen LogP contribution in [0, 0.1) is 6.92 Å². The van der Waals surface area contributed by atoms with Gasteiger partial charge in [-0.1, -0.05) is 18.2 Å². The fourth-order valence-electron chi connectivity index (χ4n) is 0.654. The molecular weight excluding hydrogens is 209 g/mol. The maximum absolute atomic E-state index is 3.76. The van der Waals surface area contributed by atoms with E-state index in [-0.39, 0.29) is 31.9 Å². The minimum atomic E-state index is 0. The van der Waals surface area contributed by atoms with Crippen LogP contribution in [-0.2, 0) is 19.5 Å². The molecule has 11 heavy (non-hydrogen) atoms. The zero-order chi connectivity index (χ0) is 6.69. The predicted octanol–water partition coefficient (Wildman–Crippen LogP) is -0.487. The SMILES string of the molecule is C=Cc1ccc([CH2-])cc1.[Cl-].[Zn+2]. The summed E-state index contributed by atoms with van der Waals surface area (Å²) >= 11 is 0. The molecule has 0 radical (unpaired) electrons. The van der Waals surface area contributed by atoms with Crippen LogP contribution in [-0.4, -0.2) is 0 Å². The fourth-order valence-corrected chi connectivity index (χ4v) is 0.654. The number of halogens is 1. The molecule has 0 aliphatic carbocycles. The number of hydrogen-bond donors (Lipinski definition) is 0. The second-order valence-electron chi connectivity index (χ2n) is 1.95. The molecule has 0 atom stereocenters. The van der Waals surface area contributed by atoms with Gasteiger partial charge in [-0.15, -0.1) is 12.1 Å². The first-order valence-electron chi connectivity index (χ1n) is 2.87. The van der Waals surface area contributed by atoms with Crippen molar-refractivity contribution >= 4 is 6.08 Å². The molecule has 1 rings (SSSR count). The van der Waals surface area contributed by atoms with Gasteiger partial charge in [0, 0.05) is 0 Å². The summed E-state index contributed by atoms with van der Waals surface area (Å²) in [6.45, 7) is 7.40. The molecule has 2 heteroatoms. The van der Waals surface area contributed by atoms with Crippen LogP contribution >= 0.6 is 0 Å². The van der Waals surface area contributed by atoms with Crippen LogP contribution in [0.1, 0.15) is 11.1 Å². The quantitative estimate of drug-likeness (QED) is 0.441. The number of benzene rings is 1. The van der Waals surface area contributed by atoms with Crippen LogP contribution in [0.15, 0.2) is 30.8 Å². The van der Waals surface area contributed by atoms with Crippen molar-refractivity contribution in [2.75, 3.05) is 0 Å². The fraction of sp³-hybridized carbons (Fsp3) is 0. The molecule has 0 N–H and O–H groups in total. The normalized spacial score (nSPS) is 7.27. The smallest absolute Gasteiger partial charge is 1.00 e. The van der Waals surface area contributed by atoms with Crippen molar-refractivity contribution in [2.24, 2.45) is 0 Å². The standard InChI is InChI=1S/C9H9.ClH.Zn/c1-3-9-6-4-8(2)5-7-9;;/h3-7H,1-2H2;1H;/q-1;;+2/p-1. The summed E-state index contributed by atoms with van der Waals surface area (Å²) < 4.78 is 0. The Kier molecular flexibility index (Phi) is 7.83. The minimum absolute atomic E-state index is 0. The molecule has 54 valence electrons. The van der Waals surface area contributed by atoms with E-state index in [4.69, 9.17) is 0 Å². The van der Waals surface area contributed by atoms with Gasteiger partial charge in [-0.05, 0) is 0 Å². The average Bonchev–Trinajstić information content (AvgIpc) is 1.90. The van der Waals surface area contributed by atoms with E-state index in [2.05, 4.69) is 13.5 Å². The predicted molar refractivity (Wildman–Crippen MR) is 41.0 cm³/mol. The molecule has 0 bridgehead atoms. The Bertz CT molecular complexity index is 203. The molecule has 1 aromatic carbocycles. The Labute approximate surface area is 86.9 Å². The Balaban J connectivity index is 0. The molecule has 0 aromatic heterocycles. The summed E-state index contributed by atoms with van der Waals surface area (Å²) in [6, 6.07) is 7.93. The molecule has 0 spiro atoms. The van der Waals surface area contributed by atoms with Crippen LogP contribution in [0.25, 0.3) is 6.08 Å². The van der Waals surface area contributed by atoms with E-state index in [1.54, 1.807) is 0 Å². The molecule has 0 nitrogen and oxygen atoms in total. The second-order valence-corrected chi connectivity index (χ2v) is 1.95. The first kappa shape index (κ1) is 13.3. The van der Waals surface area contributed by atoms with Crippen molar-refractivity contribution < 1.29 is 31.9 Å². The largest absolute Gasteiger partial charge is 2.00 e. The van der Waals surface area contributed by atoms with E-state index in [0.29, 0.717) is 0 Å². The van der Waals surface area contributed by atoms with Gasteiger partial charge in [-0.25, -0.2) is 0 Å². The van der Waals surface area contributed by atoms with E-state index < -0.39 is 0 Å².